The molecule has 2 N–H and O–H groups in total. The molecule has 0 aliphatic rings. The predicted octanol–water partition coefficient (Wildman–Crippen LogP) is 3.28. The van der Waals surface area contributed by atoms with E-state index in [1.165, 1.54) is 6.07 Å². The van der Waals surface area contributed by atoms with Crippen molar-refractivity contribution in [3.8, 4) is 5.69 Å². The molecule has 8 heteroatoms. The van der Waals surface area contributed by atoms with Gasteiger partial charge in [0.1, 0.15) is 0 Å². The zero-order valence-electron chi connectivity index (χ0n) is 14.8. The van der Waals surface area contributed by atoms with Crippen molar-refractivity contribution in [1.29, 1.82) is 0 Å². The highest BCUT2D eigenvalue weighted by molar-refractivity contribution is 7.92. The molecule has 27 heavy (non-hydrogen) atoms. The van der Waals surface area contributed by atoms with E-state index in [0.29, 0.717) is 23.4 Å². The van der Waals surface area contributed by atoms with Crippen molar-refractivity contribution < 1.29 is 13.2 Å². The highest BCUT2D eigenvalue weighted by atomic mass is 32.2. The lowest BCUT2D eigenvalue weighted by molar-refractivity contribution is 0.102. The van der Waals surface area contributed by atoms with Crippen LogP contribution in [-0.4, -0.2) is 29.6 Å². The Labute approximate surface area is 158 Å². The van der Waals surface area contributed by atoms with Gasteiger partial charge in [0, 0.05) is 35.0 Å². The molecule has 0 spiro atoms. The topological polar surface area (TPSA) is 93.1 Å². The molecule has 0 radical (unpaired) electrons. The molecule has 140 valence electrons. The molecule has 0 bridgehead atoms. The van der Waals surface area contributed by atoms with Crippen LogP contribution < -0.4 is 10.0 Å². The second-order valence-corrected chi connectivity index (χ2v) is 7.81. The molecule has 1 amide bonds. The number of amides is 1. The summed E-state index contributed by atoms with van der Waals surface area (Å²) < 4.78 is 28.1. The minimum atomic E-state index is -3.40. The quantitative estimate of drug-likeness (QED) is 0.654. The van der Waals surface area contributed by atoms with Gasteiger partial charge in [-0.2, -0.15) is 0 Å². The van der Waals surface area contributed by atoms with Gasteiger partial charge in [0.15, 0.2) is 0 Å². The Morgan fingerprint density at radius 3 is 2.56 bits per heavy atom. The van der Waals surface area contributed by atoms with Gasteiger partial charge in [-0.1, -0.05) is 13.0 Å². The van der Waals surface area contributed by atoms with Crippen molar-refractivity contribution in [2.45, 2.75) is 13.3 Å². The van der Waals surface area contributed by atoms with Crippen LogP contribution in [0.25, 0.3) is 5.69 Å². The smallest absolute Gasteiger partial charge is 0.255 e. The zero-order valence-corrected chi connectivity index (χ0v) is 15.6. The Balaban J connectivity index is 1.70. The molecule has 0 aliphatic carbocycles. The number of nitrogens with one attached hydrogen (secondary N) is 2. The summed E-state index contributed by atoms with van der Waals surface area (Å²) in [5.41, 5.74) is 2.30. The van der Waals surface area contributed by atoms with Crippen LogP contribution in [0.1, 0.15) is 23.7 Å². The van der Waals surface area contributed by atoms with Crippen LogP contribution in [-0.2, 0) is 10.0 Å². The summed E-state index contributed by atoms with van der Waals surface area (Å²) in [6.45, 7) is 1.79. The number of anilines is 2. The average Bonchev–Trinajstić information content (AvgIpc) is 3.17. The van der Waals surface area contributed by atoms with E-state index in [0.717, 1.165) is 5.69 Å². The number of imidazole rings is 1. The second kappa shape index (κ2) is 8.05. The van der Waals surface area contributed by atoms with E-state index in [1.54, 1.807) is 49.8 Å². The van der Waals surface area contributed by atoms with Crippen molar-refractivity contribution in [3.63, 3.8) is 0 Å². The fraction of sp³-hybridized carbons (Fsp3) is 0.158. The highest BCUT2D eigenvalue weighted by Gasteiger charge is 2.11. The maximum atomic E-state index is 12.5. The predicted molar refractivity (Wildman–Crippen MR) is 106 cm³/mol. The summed E-state index contributed by atoms with van der Waals surface area (Å²) in [7, 11) is -3.40. The Kier molecular flexibility index (Phi) is 5.56. The lowest BCUT2D eigenvalue weighted by Gasteiger charge is -2.10. The standard InChI is InChI=1S/C19H20N4O3S/c1-2-12-27(25,26)22-17-5-3-4-15(13-17)19(24)21-16-6-8-18(9-7-16)23-11-10-20-14-23/h3-11,13-14,22H,2,12H2,1H3,(H,21,24). The molecule has 2 aromatic carbocycles. The van der Waals surface area contributed by atoms with Gasteiger partial charge in [-0.15, -0.1) is 0 Å². The zero-order chi connectivity index (χ0) is 19.3. The van der Waals surface area contributed by atoms with Gasteiger partial charge in [-0.3, -0.25) is 9.52 Å². The first-order valence-electron chi connectivity index (χ1n) is 8.47. The van der Waals surface area contributed by atoms with Crippen LogP contribution in [0.3, 0.4) is 0 Å². The van der Waals surface area contributed by atoms with Crippen LogP contribution in [0.15, 0.2) is 67.3 Å². The van der Waals surface area contributed by atoms with E-state index in [9.17, 15) is 13.2 Å². The number of aromatic nitrogens is 2. The summed E-state index contributed by atoms with van der Waals surface area (Å²) in [5, 5.41) is 2.80. The Hall–Kier alpha value is -3.13. The number of rotatable bonds is 7. The molecular formula is C19H20N4O3S. The molecule has 1 aromatic heterocycles. The number of benzene rings is 2. The minimum Gasteiger partial charge on any atom is -0.322 e. The molecule has 0 atom stereocenters. The van der Waals surface area contributed by atoms with Crippen LogP contribution in [0.4, 0.5) is 11.4 Å². The van der Waals surface area contributed by atoms with Gasteiger partial charge in [-0.05, 0) is 48.9 Å². The first-order valence-corrected chi connectivity index (χ1v) is 10.1. The number of hydrogen-bond acceptors (Lipinski definition) is 4. The Morgan fingerprint density at radius 2 is 1.89 bits per heavy atom. The molecule has 1 heterocycles. The van der Waals surface area contributed by atoms with Crippen molar-refractivity contribution >= 4 is 27.3 Å². The van der Waals surface area contributed by atoms with E-state index in [2.05, 4.69) is 15.0 Å². The number of sulfonamides is 1. The van der Waals surface area contributed by atoms with Crippen LogP contribution in [0.5, 0.6) is 0 Å². The van der Waals surface area contributed by atoms with E-state index in [-0.39, 0.29) is 11.7 Å². The molecule has 0 saturated heterocycles. The highest BCUT2D eigenvalue weighted by Crippen LogP contribution is 2.17. The molecule has 3 rings (SSSR count). The van der Waals surface area contributed by atoms with E-state index in [1.807, 2.05) is 22.9 Å². The van der Waals surface area contributed by atoms with Gasteiger partial charge in [0.2, 0.25) is 10.0 Å². The fourth-order valence-corrected chi connectivity index (χ4v) is 3.68. The molecule has 0 aliphatic heterocycles. The SMILES string of the molecule is CCCS(=O)(=O)Nc1cccc(C(=O)Nc2ccc(-n3ccnc3)cc2)c1. The summed E-state index contributed by atoms with van der Waals surface area (Å²) in [6.07, 6.45) is 5.74. The minimum absolute atomic E-state index is 0.0344. The number of nitrogens with zero attached hydrogens (tertiary/aromatic N) is 2. The molecule has 0 unspecified atom stereocenters. The Morgan fingerprint density at radius 1 is 1.11 bits per heavy atom. The number of carbonyl (C=O) groups is 1. The summed E-state index contributed by atoms with van der Waals surface area (Å²) in [5.74, 6) is -0.283. The molecule has 0 fully saturated rings. The largest absolute Gasteiger partial charge is 0.322 e. The van der Waals surface area contributed by atoms with Crippen molar-refractivity contribution in [1.82, 2.24) is 9.55 Å². The van der Waals surface area contributed by atoms with E-state index < -0.39 is 10.0 Å². The lowest BCUT2D eigenvalue weighted by Crippen LogP contribution is -2.17. The molecular weight excluding hydrogens is 364 g/mol. The first kappa shape index (κ1) is 18.7. The lowest BCUT2D eigenvalue weighted by atomic mass is 10.2. The van der Waals surface area contributed by atoms with Gasteiger partial charge >= 0.3 is 0 Å². The van der Waals surface area contributed by atoms with Crippen molar-refractivity contribution in [3.05, 3.63) is 72.8 Å². The van der Waals surface area contributed by atoms with Crippen LogP contribution >= 0.6 is 0 Å². The monoisotopic (exact) mass is 384 g/mol. The third-order valence-corrected chi connectivity index (χ3v) is 5.29. The number of carbonyl (C=O) groups excluding carboxylic acids is 1. The Bertz CT molecular complexity index is 1010. The van der Waals surface area contributed by atoms with E-state index >= 15 is 0 Å². The normalized spacial score (nSPS) is 11.1. The maximum absolute atomic E-state index is 12.5. The molecule has 0 saturated carbocycles. The third kappa shape index (κ3) is 4.95. The maximum Gasteiger partial charge on any atom is 0.255 e. The second-order valence-electron chi connectivity index (χ2n) is 5.97. The third-order valence-electron chi connectivity index (χ3n) is 3.80. The summed E-state index contributed by atoms with van der Waals surface area (Å²) >= 11 is 0. The van der Waals surface area contributed by atoms with Gasteiger partial charge in [0.05, 0.1) is 12.1 Å². The van der Waals surface area contributed by atoms with Gasteiger partial charge in [-0.25, -0.2) is 13.4 Å². The molecule has 7 nitrogen and oxygen atoms in total. The summed E-state index contributed by atoms with van der Waals surface area (Å²) in [4.78, 5) is 16.5. The summed E-state index contributed by atoms with van der Waals surface area (Å²) in [6, 6.07) is 13.7. The van der Waals surface area contributed by atoms with Crippen LogP contribution in [0, 0.1) is 0 Å². The fourth-order valence-electron chi connectivity index (χ4n) is 2.56. The molecule has 3 aromatic rings. The van der Waals surface area contributed by atoms with E-state index in [4.69, 9.17) is 0 Å². The van der Waals surface area contributed by atoms with Crippen molar-refractivity contribution in [2.24, 2.45) is 0 Å². The average molecular weight is 384 g/mol. The van der Waals surface area contributed by atoms with Crippen LogP contribution in [0.2, 0.25) is 0 Å². The number of hydrogen-bond donors (Lipinski definition) is 2. The van der Waals surface area contributed by atoms with Crippen molar-refractivity contribution in [2.75, 3.05) is 15.8 Å². The van der Waals surface area contributed by atoms with Gasteiger partial charge in [0.25, 0.3) is 5.91 Å². The first-order chi connectivity index (χ1) is 13.0. The van der Waals surface area contributed by atoms with Gasteiger partial charge < -0.3 is 9.88 Å².